The number of nitrogens with one attached hydrogen (secondary N) is 1. The molecule has 9 nitrogen and oxygen atoms in total. The zero-order chi connectivity index (χ0) is 23.0. The number of rotatable bonds is 5. The molecule has 0 saturated carbocycles. The van der Waals surface area contributed by atoms with Crippen molar-refractivity contribution in [1.82, 2.24) is 9.97 Å². The Bertz CT molecular complexity index is 1230. The van der Waals surface area contributed by atoms with Gasteiger partial charge in [0.2, 0.25) is 5.91 Å². The largest absolute Gasteiger partial charge is 0.482 e. The van der Waals surface area contributed by atoms with E-state index in [-0.39, 0.29) is 24.2 Å². The minimum Gasteiger partial charge on any atom is -0.482 e. The van der Waals surface area contributed by atoms with E-state index < -0.39 is 11.9 Å². The minimum atomic E-state index is -0.516. The number of aromatic nitrogens is 2. The van der Waals surface area contributed by atoms with Crippen LogP contribution < -0.4 is 15.0 Å². The topological polar surface area (TPSA) is 111 Å². The molecule has 2 aromatic heterocycles. The normalized spacial score (nSPS) is 12.9. The third-order valence-corrected chi connectivity index (χ3v) is 6.73. The van der Waals surface area contributed by atoms with Crippen molar-refractivity contribution in [3.8, 4) is 17.0 Å². The van der Waals surface area contributed by atoms with Crippen molar-refractivity contribution in [2.75, 3.05) is 30.5 Å². The van der Waals surface area contributed by atoms with E-state index >= 15 is 0 Å². The standard InChI is InChI=1S/C21H20N4O5S2/c1-10-19(20(28)29-4)32-21(22-10)24-16(26)8-25-14-7-13(18-11(2)31-12(3)23-18)5-6-15(14)30-9-17(25)27/h5-7H,8-9H2,1-4H3,(H,22,24,26). The number of amides is 2. The molecule has 0 radical (unpaired) electrons. The second kappa shape index (κ2) is 8.67. The van der Waals surface area contributed by atoms with Crippen LogP contribution in [0.3, 0.4) is 0 Å². The quantitative estimate of drug-likeness (QED) is 0.567. The third kappa shape index (κ3) is 4.21. The summed E-state index contributed by atoms with van der Waals surface area (Å²) in [6.07, 6.45) is 0. The van der Waals surface area contributed by atoms with Crippen molar-refractivity contribution in [2.24, 2.45) is 0 Å². The van der Waals surface area contributed by atoms with E-state index in [1.807, 2.05) is 26.0 Å². The highest BCUT2D eigenvalue weighted by Crippen LogP contribution is 2.37. The predicted molar refractivity (Wildman–Crippen MR) is 122 cm³/mol. The summed E-state index contributed by atoms with van der Waals surface area (Å²) in [4.78, 5) is 48.6. The zero-order valence-electron chi connectivity index (χ0n) is 17.8. The van der Waals surface area contributed by atoms with Gasteiger partial charge in [-0.05, 0) is 39.0 Å². The minimum absolute atomic E-state index is 0.155. The lowest BCUT2D eigenvalue weighted by molar-refractivity contribution is -0.123. The molecule has 0 saturated heterocycles. The Morgan fingerprint density at radius 1 is 1.22 bits per heavy atom. The van der Waals surface area contributed by atoms with Crippen molar-refractivity contribution in [3.63, 3.8) is 0 Å². The fourth-order valence-corrected chi connectivity index (χ4v) is 5.09. The first-order chi connectivity index (χ1) is 15.3. The Morgan fingerprint density at radius 3 is 2.69 bits per heavy atom. The number of benzene rings is 1. The molecule has 0 aliphatic carbocycles. The van der Waals surface area contributed by atoms with Crippen LogP contribution in [-0.2, 0) is 14.3 Å². The van der Waals surface area contributed by atoms with Crippen molar-refractivity contribution >= 4 is 51.3 Å². The van der Waals surface area contributed by atoms with E-state index in [1.165, 1.54) is 12.0 Å². The first-order valence-corrected chi connectivity index (χ1v) is 11.3. The Hall–Kier alpha value is -3.31. The molecule has 0 bridgehead atoms. The van der Waals surface area contributed by atoms with E-state index in [1.54, 1.807) is 24.3 Å². The summed E-state index contributed by atoms with van der Waals surface area (Å²) < 4.78 is 10.3. The number of thiazole rings is 2. The van der Waals surface area contributed by atoms with Gasteiger partial charge in [-0.1, -0.05) is 11.3 Å². The van der Waals surface area contributed by atoms with E-state index in [0.29, 0.717) is 22.0 Å². The van der Waals surface area contributed by atoms with Crippen LogP contribution >= 0.6 is 22.7 Å². The monoisotopic (exact) mass is 472 g/mol. The molecule has 3 aromatic rings. The molecule has 1 aliphatic heterocycles. The van der Waals surface area contributed by atoms with Gasteiger partial charge in [0, 0.05) is 10.4 Å². The fraction of sp³-hybridized carbons (Fsp3) is 0.286. The Labute approximate surface area is 192 Å². The number of methoxy groups -OCH3 is 1. The second-order valence-corrected chi connectivity index (χ2v) is 9.47. The molecule has 1 N–H and O–H groups in total. The lowest BCUT2D eigenvalue weighted by Gasteiger charge is -2.29. The molecule has 4 rings (SSSR count). The van der Waals surface area contributed by atoms with Crippen LogP contribution in [0, 0.1) is 20.8 Å². The molecule has 0 fully saturated rings. The molecule has 0 atom stereocenters. The molecule has 0 unspecified atom stereocenters. The maximum atomic E-state index is 12.7. The lowest BCUT2D eigenvalue weighted by Crippen LogP contribution is -2.43. The molecule has 32 heavy (non-hydrogen) atoms. The van der Waals surface area contributed by atoms with Crippen molar-refractivity contribution in [1.29, 1.82) is 0 Å². The van der Waals surface area contributed by atoms with Crippen LogP contribution in [-0.4, -0.2) is 48.0 Å². The van der Waals surface area contributed by atoms with Gasteiger partial charge in [-0.2, -0.15) is 0 Å². The summed E-state index contributed by atoms with van der Waals surface area (Å²) in [5.74, 6) is -0.772. The van der Waals surface area contributed by atoms with Gasteiger partial charge in [0.15, 0.2) is 11.7 Å². The van der Waals surface area contributed by atoms with Crippen LogP contribution in [0.4, 0.5) is 10.8 Å². The zero-order valence-corrected chi connectivity index (χ0v) is 19.5. The average Bonchev–Trinajstić information content (AvgIpc) is 3.29. The highest BCUT2D eigenvalue weighted by atomic mass is 32.1. The van der Waals surface area contributed by atoms with Crippen LogP contribution in [0.15, 0.2) is 18.2 Å². The van der Waals surface area contributed by atoms with Gasteiger partial charge in [-0.3, -0.25) is 14.5 Å². The summed E-state index contributed by atoms with van der Waals surface area (Å²) in [5.41, 5.74) is 2.65. The molecular weight excluding hydrogens is 452 g/mol. The third-order valence-electron chi connectivity index (χ3n) is 4.79. The van der Waals surface area contributed by atoms with Crippen LogP contribution in [0.1, 0.15) is 25.3 Å². The van der Waals surface area contributed by atoms with Gasteiger partial charge in [-0.25, -0.2) is 14.8 Å². The van der Waals surface area contributed by atoms with Crippen LogP contribution in [0.25, 0.3) is 11.3 Å². The van der Waals surface area contributed by atoms with Crippen molar-refractivity contribution in [2.45, 2.75) is 20.8 Å². The Kier molecular flexibility index (Phi) is 5.94. The highest BCUT2D eigenvalue weighted by Gasteiger charge is 2.29. The SMILES string of the molecule is COC(=O)c1sc(NC(=O)CN2C(=O)COc3ccc(-c4nc(C)sc4C)cc32)nc1C. The first-order valence-electron chi connectivity index (χ1n) is 9.64. The van der Waals surface area contributed by atoms with Gasteiger partial charge in [0.05, 0.1) is 29.2 Å². The Balaban J connectivity index is 1.57. The first kappa shape index (κ1) is 21.9. The molecule has 1 aliphatic rings. The molecule has 3 heterocycles. The lowest BCUT2D eigenvalue weighted by atomic mass is 10.1. The second-order valence-electron chi connectivity index (χ2n) is 7.06. The van der Waals surface area contributed by atoms with Crippen molar-refractivity contribution in [3.05, 3.63) is 38.7 Å². The van der Waals surface area contributed by atoms with Gasteiger partial charge in [-0.15, -0.1) is 11.3 Å². The molecule has 0 spiro atoms. The number of aryl methyl sites for hydroxylation is 3. The summed E-state index contributed by atoms with van der Waals surface area (Å²) in [5, 5.41) is 3.86. The van der Waals surface area contributed by atoms with Gasteiger partial charge in [0.25, 0.3) is 5.91 Å². The summed E-state index contributed by atoms with van der Waals surface area (Å²) in [6, 6.07) is 5.48. The number of esters is 1. The van der Waals surface area contributed by atoms with E-state index in [2.05, 4.69) is 15.3 Å². The van der Waals surface area contributed by atoms with Crippen molar-refractivity contribution < 1.29 is 23.9 Å². The molecule has 2 amide bonds. The summed E-state index contributed by atoms with van der Waals surface area (Å²) >= 11 is 2.62. The van der Waals surface area contributed by atoms with Crippen LogP contribution in [0.5, 0.6) is 5.75 Å². The molecule has 166 valence electrons. The van der Waals surface area contributed by atoms with E-state index in [9.17, 15) is 14.4 Å². The average molecular weight is 473 g/mol. The van der Waals surface area contributed by atoms with Crippen LogP contribution in [0.2, 0.25) is 0 Å². The number of nitrogens with zero attached hydrogens (tertiary/aromatic N) is 3. The number of hydrogen-bond acceptors (Lipinski definition) is 9. The summed E-state index contributed by atoms with van der Waals surface area (Å²) in [6.45, 7) is 5.21. The smallest absolute Gasteiger partial charge is 0.350 e. The molecule has 11 heteroatoms. The summed E-state index contributed by atoms with van der Waals surface area (Å²) in [7, 11) is 1.28. The van der Waals surface area contributed by atoms with Gasteiger partial charge < -0.3 is 14.8 Å². The number of carbonyl (C=O) groups is 3. The van der Waals surface area contributed by atoms with Gasteiger partial charge in [0.1, 0.15) is 17.2 Å². The Morgan fingerprint density at radius 2 is 2.00 bits per heavy atom. The van der Waals surface area contributed by atoms with E-state index in [4.69, 9.17) is 9.47 Å². The number of anilines is 2. The number of hydrogen-bond donors (Lipinski definition) is 1. The number of fused-ring (bicyclic) bond motifs is 1. The molecular formula is C21H20N4O5S2. The van der Waals surface area contributed by atoms with E-state index in [0.717, 1.165) is 32.5 Å². The van der Waals surface area contributed by atoms with Gasteiger partial charge >= 0.3 is 5.97 Å². The maximum Gasteiger partial charge on any atom is 0.350 e. The maximum absolute atomic E-state index is 12.7. The highest BCUT2D eigenvalue weighted by molar-refractivity contribution is 7.17. The predicted octanol–water partition coefficient (Wildman–Crippen LogP) is 3.34. The molecule has 1 aromatic carbocycles. The number of ether oxygens (including phenoxy) is 2. The fourth-order valence-electron chi connectivity index (χ4n) is 3.35. The number of carbonyl (C=O) groups excluding carboxylic acids is 3.